The highest BCUT2D eigenvalue weighted by atomic mass is 35.5. The average molecular weight is 384 g/mol. The molecule has 0 aliphatic rings. The molecule has 0 saturated carbocycles. The van der Waals surface area contributed by atoms with Crippen molar-refractivity contribution in [2.24, 2.45) is 0 Å². The van der Waals surface area contributed by atoms with Crippen molar-refractivity contribution in [3.63, 3.8) is 0 Å². The van der Waals surface area contributed by atoms with Crippen LogP contribution in [0.1, 0.15) is 17.0 Å². The maximum atomic E-state index is 12.3. The summed E-state index contributed by atoms with van der Waals surface area (Å²) in [5, 5.41) is 6.42. The van der Waals surface area contributed by atoms with Crippen molar-refractivity contribution in [3.8, 4) is 11.4 Å². The van der Waals surface area contributed by atoms with Gasteiger partial charge in [-0.2, -0.15) is 0 Å². The highest BCUT2D eigenvalue weighted by Gasteiger charge is 2.12. The summed E-state index contributed by atoms with van der Waals surface area (Å²) in [4.78, 5) is 12.3. The SMILES string of the molecule is COc1ccccc1NC(=O)NCc1cc(C)n(-c2ccc(Cl)cc2)c1C. The van der Waals surface area contributed by atoms with E-state index in [1.54, 1.807) is 19.2 Å². The lowest BCUT2D eigenvalue weighted by Gasteiger charge is -2.12. The van der Waals surface area contributed by atoms with E-state index in [1.807, 2.05) is 50.2 Å². The molecule has 2 N–H and O–H groups in total. The number of benzene rings is 2. The zero-order chi connectivity index (χ0) is 19.4. The molecule has 3 rings (SSSR count). The number of carbonyl (C=O) groups is 1. The van der Waals surface area contributed by atoms with Crippen LogP contribution in [0.2, 0.25) is 5.02 Å². The number of para-hydroxylation sites is 2. The number of methoxy groups -OCH3 is 1. The van der Waals surface area contributed by atoms with Gasteiger partial charge >= 0.3 is 6.03 Å². The Morgan fingerprint density at radius 2 is 1.81 bits per heavy atom. The van der Waals surface area contributed by atoms with Crippen molar-refractivity contribution >= 4 is 23.3 Å². The van der Waals surface area contributed by atoms with Crippen molar-refractivity contribution in [2.45, 2.75) is 20.4 Å². The molecule has 6 heteroatoms. The van der Waals surface area contributed by atoms with Crippen LogP contribution >= 0.6 is 11.6 Å². The highest BCUT2D eigenvalue weighted by molar-refractivity contribution is 6.30. The number of aromatic nitrogens is 1. The first-order valence-electron chi connectivity index (χ1n) is 8.61. The van der Waals surface area contributed by atoms with E-state index in [9.17, 15) is 4.79 Å². The summed E-state index contributed by atoms with van der Waals surface area (Å²) in [5.41, 5.74) is 4.89. The molecule has 0 aliphatic carbocycles. The van der Waals surface area contributed by atoms with E-state index in [0.717, 1.165) is 22.6 Å². The zero-order valence-electron chi connectivity index (χ0n) is 15.5. The lowest BCUT2D eigenvalue weighted by atomic mass is 10.2. The fourth-order valence-electron chi connectivity index (χ4n) is 3.09. The monoisotopic (exact) mass is 383 g/mol. The third-order valence-electron chi connectivity index (χ3n) is 4.42. The number of amides is 2. The minimum Gasteiger partial charge on any atom is -0.495 e. The van der Waals surface area contributed by atoms with Crippen LogP contribution in [0, 0.1) is 13.8 Å². The summed E-state index contributed by atoms with van der Waals surface area (Å²) in [7, 11) is 1.57. The Balaban J connectivity index is 1.70. The second kappa shape index (κ2) is 8.18. The van der Waals surface area contributed by atoms with E-state index in [4.69, 9.17) is 16.3 Å². The number of nitrogens with zero attached hydrogens (tertiary/aromatic N) is 1. The van der Waals surface area contributed by atoms with E-state index >= 15 is 0 Å². The van der Waals surface area contributed by atoms with Crippen molar-refractivity contribution in [1.82, 2.24) is 9.88 Å². The van der Waals surface area contributed by atoms with Gasteiger partial charge in [-0.05, 0) is 61.9 Å². The van der Waals surface area contributed by atoms with E-state index in [2.05, 4.69) is 21.3 Å². The van der Waals surface area contributed by atoms with Gasteiger partial charge in [0.15, 0.2) is 0 Å². The quantitative estimate of drug-likeness (QED) is 0.645. The maximum absolute atomic E-state index is 12.3. The van der Waals surface area contributed by atoms with Crippen LogP contribution in [0.3, 0.4) is 0 Å². The summed E-state index contributed by atoms with van der Waals surface area (Å²) in [6.07, 6.45) is 0. The summed E-state index contributed by atoms with van der Waals surface area (Å²) in [6, 6.07) is 16.8. The standard InChI is InChI=1S/C21H22ClN3O2/c1-14-12-16(15(2)25(14)18-10-8-17(22)9-11-18)13-23-21(26)24-19-6-4-5-7-20(19)27-3/h4-12H,13H2,1-3H3,(H2,23,24,26). The van der Waals surface area contributed by atoms with E-state index in [0.29, 0.717) is 23.0 Å². The molecule has 0 atom stereocenters. The molecule has 0 radical (unpaired) electrons. The fraction of sp³-hybridized carbons (Fsp3) is 0.190. The van der Waals surface area contributed by atoms with Crippen molar-refractivity contribution in [3.05, 3.63) is 76.6 Å². The topological polar surface area (TPSA) is 55.3 Å². The predicted molar refractivity (Wildman–Crippen MR) is 109 cm³/mol. The summed E-state index contributed by atoms with van der Waals surface area (Å²) in [5.74, 6) is 0.619. The first-order valence-corrected chi connectivity index (χ1v) is 8.99. The lowest BCUT2D eigenvalue weighted by Crippen LogP contribution is -2.28. The molecule has 0 bridgehead atoms. The van der Waals surface area contributed by atoms with Crippen LogP contribution in [-0.2, 0) is 6.54 Å². The molecule has 3 aromatic rings. The molecule has 27 heavy (non-hydrogen) atoms. The number of hydrogen-bond acceptors (Lipinski definition) is 2. The number of halogens is 1. The number of carbonyl (C=O) groups excluding carboxylic acids is 1. The Bertz CT molecular complexity index is 949. The van der Waals surface area contributed by atoms with Gasteiger partial charge in [-0.25, -0.2) is 4.79 Å². The van der Waals surface area contributed by atoms with Gasteiger partial charge in [0, 0.05) is 28.6 Å². The minimum absolute atomic E-state index is 0.282. The minimum atomic E-state index is -0.282. The number of anilines is 1. The largest absolute Gasteiger partial charge is 0.495 e. The Hall–Kier alpha value is -2.92. The third-order valence-corrected chi connectivity index (χ3v) is 4.67. The van der Waals surface area contributed by atoms with Gasteiger partial charge < -0.3 is 19.9 Å². The van der Waals surface area contributed by atoms with Gasteiger partial charge in [-0.1, -0.05) is 23.7 Å². The molecule has 0 unspecified atom stereocenters. The second-order valence-corrected chi connectivity index (χ2v) is 6.65. The van der Waals surface area contributed by atoms with Crippen molar-refractivity contribution < 1.29 is 9.53 Å². The van der Waals surface area contributed by atoms with Gasteiger partial charge in [0.05, 0.1) is 12.8 Å². The van der Waals surface area contributed by atoms with Crippen molar-refractivity contribution in [1.29, 1.82) is 0 Å². The number of nitrogens with one attached hydrogen (secondary N) is 2. The highest BCUT2D eigenvalue weighted by Crippen LogP contribution is 2.24. The van der Waals surface area contributed by atoms with Gasteiger partial charge in [-0.15, -0.1) is 0 Å². The van der Waals surface area contributed by atoms with E-state index < -0.39 is 0 Å². The molecule has 0 fully saturated rings. The van der Waals surface area contributed by atoms with Gasteiger partial charge in [0.2, 0.25) is 0 Å². The Morgan fingerprint density at radius 3 is 2.52 bits per heavy atom. The van der Waals surface area contributed by atoms with Crippen molar-refractivity contribution in [2.75, 3.05) is 12.4 Å². The fourth-order valence-corrected chi connectivity index (χ4v) is 3.21. The normalized spacial score (nSPS) is 10.5. The molecule has 0 saturated heterocycles. The molecule has 2 amide bonds. The van der Waals surface area contributed by atoms with Gasteiger partial charge in [0.25, 0.3) is 0 Å². The number of rotatable bonds is 5. The smallest absolute Gasteiger partial charge is 0.319 e. The Morgan fingerprint density at radius 1 is 1.11 bits per heavy atom. The third kappa shape index (κ3) is 4.26. The van der Waals surface area contributed by atoms with E-state index in [1.165, 1.54) is 0 Å². The van der Waals surface area contributed by atoms with Gasteiger partial charge in [-0.3, -0.25) is 0 Å². The average Bonchev–Trinajstić information content (AvgIpc) is 2.95. The number of hydrogen-bond donors (Lipinski definition) is 2. The van der Waals surface area contributed by atoms with Crippen LogP contribution in [-0.4, -0.2) is 17.7 Å². The van der Waals surface area contributed by atoms with Crippen LogP contribution in [0.25, 0.3) is 5.69 Å². The van der Waals surface area contributed by atoms with Crippen LogP contribution in [0.5, 0.6) is 5.75 Å². The zero-order valence-corrected chi connectivity index (χ0v) is 16.3. The van der Waals surface area contributed by atoms with Gasteiger partial charge in [0.1, 0.15) is 5.75 Å². The number of aryl methyl sites for hydroxylation is 1. The predicted octanol–water partition coefficient (Wildman–Crippen LogP) is 5.08. The maximum Gasteiger partial charge on any atom is 0.319 e. The number of ether oxygens (including phenoxy) is 1. The lowest BCUT2D eigenvalue weighted by molar-refractivity contribution is 0.251. The molecule has 140 valence electrons. The molecule has 5 nitrogen and oxygen atoms in total. The summed E-state index contributed by atoms with van der Waals surface area (Å²) < 4.78 is 7.39. The Labute approximate surface area is 163 Å². The molecule has 0 spiro atoms. The number of urea groups is 1. The first kappa shape index (κ1) is 18.9. The molecule has 1 heterocycles. The van der Waals surface area contributed by atoms with Crippen LogP contribution < -0.4 is 15.4 Å². The molecule has 2 aromatic carbocycles. The molecule has 1 aromatic heterocycles. The molecule has 0 aliphatic heterocycles. The summed E-state index contributed by atoms with van der Waals surface area (Å²) >= 11 is 5.98. The molecular formula is C21H22ClN3O2. The summed E-state index contributed by atoms with van der Waals surface area (Å²) in [6.45, 7) is 4.50. The molecular weight excluding hydrogens is 362 g/mol. The van der Waals surface area contributed by atoms with Crippen LogP contribution in [0.4, 0.5) is 10.5 Å². The van der Waals surface area contributed by atoms with Crippen LogP contribution in [0.15, 0.2) is 54.6 Å². The Kier molecular flexibility index (Phi) is 5.72. The second-order valence-electron chi connectivity index (χ2n) is 6.22. The first-order chi connectivity index (χ1) is 13.0. The van der Waals surface area contributed by atoms with E-state index in [-0.39, 0.29) is 6.03 Å².